The zero-order valence-corrected chi connectivity index (χ0v) is 40.5. The van der Waals surface area contributed by atoms with E-state index in [1.807, 2.05) is 0 Å². The van der Waals surface area contributed by atoms with Crippen molar-refractivity contribution in [3.8, 4) is 0 Å². The van der Waals surface area contributed by atoms with Crippen molar-refractivity contribution in [1.29, 1.82) is 0 Å². The number of aliphatic carboxylic acids is 1. The second-order valence-electron chi connectivity index (χ2n) is 21.9. The van der Waals surface area contributed by atoms with E-state index in [0.717, 1.165) is 6.42 Å². The number of aliphatic hydroxyl groups excluding tert-OH is 13. The lowest BCUT2D eigenvalue weighted by molar-refractivity contribution is -0.400. The van der Waals surface area contributed by atoms with E-state index < -0.39 is 195 Å². The molecule has 4 saturated carbocycles. The summed E-state index contributed by atoms with van der Waals surface area (Å²) in [5.41, 5.74) is -2.65. The summed E-state index contributed by atoms with van der Waals surface area (Å²) < 4.78 is 53.3. The predicted molar refractivity (Wildman–Crippen MR) is 235 cm³/mol. The van der Waals surface area contributed by atoms with Crippen molar-refractivity contribution in [3.05, 3.63) is 12.2 Å². The molecule has 4 saturated heterocycles. The molecule has 2 bridgehead atoms. The number of aliphatic hydroxyl groups is 13. The SMILES string of the molecule is C=C1C[C@@]23CC[C@H]4[C@@](C)(CCC[C@@]4(C)C(=O)O[C@@H]4OC(COC(=O)CC(=O)O)[C@@H](O)C(O)C4O)[C@@H]2CC[C@]1(OC1O[C@H](CO)C(O)C(OC2O[C@H](CO)C(O)C(O)[C@H]2O)[C@H]1O[C@@H]1OC(CO)[C@@H](O)C(O)C1O)C3. The zero-order valence-electron chi connectivity index (χ0n) is 40.5. The number of fused-ring (bicyclic) bond motifs is 3. The van der Waals surface area contributed by atoms with Gasteiger partial charge in [-0.2, -0.15) is 0 Å². The van der Waals surface area contributed by atoms with Gasteiger partial charge >= 0.3 is 17.9 Å². The number of hydrogen-bond acceptors (Lipinski definition) is 25. The summed E-state index contributed by atoms with van der Waals surface area (Å²) in [6.07, 6.45) is -31.8. The fourth-order valence-corrected chi connectivity index (χ4v) is 13.8. The second-order valence-corrected chi connectivity index (χ2v) is 21.9. The van der Waals surface area contributed by atoms with Crippen molar-refractivity contribution in [1.82, 2.24) is 0 Å². The number of ether oxygens (including phenoxy) is 9. The van der Waals surface area contributed by atoms with E-state index in [-0.39, 0.29) is 11.8 Å². The standard InChI is InChI=1S/C47H72O26/c1-18-12-46-9-5-23-44(2,7-4-8-45(23,3)43(64)72-41-36(63)33(60)29(56)22(69-41)16-65-26(53)11-25(51)52)24(46)6-10-47(18,17-46)73-42-38(71-40-35(62)32(59)28(55)20(14-49)67-40)37(30(57)21(15-50)68-42)70-39-34(61)31(58)27(54)19(13-48)66-39/h19-24,27-42,48-50,54-63H,1,4-17H2,2-3H3,(H,51,52)/t19-,20?,21-,22?,23+,24+,27?,28-,29-,30?,31?,32?,33?,34-,35?,36?,37?,38-,39?,40+,41+,42?,44-,45-,46-,47+/m1/s1. The molecule has 26 atom stereocenters. The second kappa shape index (κ2) is 21.6. The third-order valence-corrected chi connectivity index (χ3v) is 17.6. The fraction of sp³-hybridized carbons (Fsp3) is 0.894. The first kappa shape index (κ1) is 56.6. The zero-order chi connectivity index (χ0) is 53.3. The third kappa shape index (κ3) is 10.1. The van der Waals surface area contributed by atoms with Gasteiger partial charge in [0.1, 0.15) is 111 Å². The molecule has 8 rings (SSSR count). The van der Waals surface area contributed by atoms with Gasteiger partial charge < -0.3 is 114 Å². The van der Waals surface area contributed by atoms with Crippen molar-refractivity contribution in [2.45, 2.75) is 206 Å². The molecule has 0 radical (unpaired) electrons. The Balaban J connectivity index is 1.03. The van der Waals surface area contributed by atoms with Crippen LogP contribution >= 0.6 is 0 Å². The average Bonchev–Trinajstić information content (AvgIpc) is 3.54. The van der Waals surface area contributed by atoms with Crippen LogP contribution in [0.4, 0.5) is 0 Å². The summed E-state index contributed by atoms with van der Waals surface area (Å²) in [6, 6.07) is 0. The summed E-state index contributed by atoms with van der Waals surface area (Å²) in [5, 5.41) is 148. The van der Waals surface area contributed by atoms with Gasteiger partial charge in [0.15, 0.2) is 18.9 Å². The smallest absolute Gasteiger partial charge is 0.317 e. The molecule has 8 aliphatic rings. The average molecular weight is 1050 g/mol. The van der Waals surface area contributed by atoms with Crippen LogP contribution in [0.5, 0.6) is 0 Å². The lowest BCUT2D eigenvalue weighted by Gasteiger charge is -2.64. The van der Waals surface area contributed by atoms with E-state index in [9.17, 15) is 80.8 Å². The van der Waals surface area contributed by atoms with Crippen LogP contribution in [0.15, 0.2) is 12.2 Å². The minimum absolute atomic E-state index is 0.0387. The maximum atomic E-state index is 14.5. The highest BCUT2D eigenvalue weighted by Crippen LogP contribution is 2.74. The Morgan fingerprint density at radius 2 is 1.11 bits per heavy atom. The molecule has 0 amide bonds. The van der Waals surface area contributed by atoms with Crippen LogP contribution in [0.1, 0.15) is 78.1 Å². The molecule has 0 aromatic heterocycles. The highest BCUT2D eigenvalue weighted by Gasteiger charge is 2.70. The Morgan fingerprint density at radius 1 is 0.603 bits per heavy atom. The van der Waals surface area contributed by atoms with Gasteiger partial charge in [0.2, 0.25) is 6.29 Å². The molecular weight excluding hydrogens is 980 g/mol. The highest BCUT2D eigenvalue weighted by atomic mass is 16.8. The Labute approximate surface area is 418 Å². The van der Waals surface area contributed by atoms with Gasteiger partial charge in [-0.1, -0.05) is 19.9 Å². The van der Waals surface area contributed by atoms with Gasteiger partial charge in [-0.3, -0.25) is 14.4 Å². The van der Waals surface area contributed by atoms with Crippen LogP contribution in [0.3, 0.4) is 0 Å². The monoisotopic (exact) mass is 1050 g/mol. The van der Waals surface area contributed by atoms with Gasteiger partial charge in [-0.25, -0.2) is 0 Å². The van der Waals surface area contributed by atoms with E-state index in [1.165, 1.54) is 0 Å². The summed E-state index contributed by atoms with van der Waals surface area (Å²) in [7, 11) is 0. The van der Waals surface area contributed by atoms with Crippen LogP contribution < -0.4 is 0 Å². The van der Waals surface area contributed by atoms with Crippen molar-refractivity contribution in [2.24, 2.45) is 28.1 Å². The van der Waals surface area contributed by atoms with Gasteiger partial charge in [-0.15, -0.1) is 0 Å². The van der Waals surface area contributed by atoms with Crippen molar-refractivity contribution in [2.75, 3.05) is 26.4 Å². The van der Waals surface area contributed by atoms with Gasteiger partial charge in [0.25, 0.3) is 0 Å². The molecule has 4 heterocycles. The molecule has 8 fully saturated rings. The number of carboxylic acid groups (broad SMARTS) is 1. The largest absolute Gasteiger partial charge is 0.481 e. The molecule has 4 aliphatic carbocycles. The molecule has 4 aliphatic heterocycles. The quantitative estimate of drug-likeness (QED) is 0.0316. The molecular formula is C47H72O26. The molecule has 0 aromatic carbocycles. The number of rotatable bonds is 15. The molecule has 1 spiro atoms. The number of carbonyl (C=O) groups is 3. The number of carboxylic acids is 1. The van der Waals surface area contributed by atoms with Crippen LogP contribution in [0.2, 0.25) is 0 Å². The van der Waals surface area contributed by atoms with E-state index in [1.54, 1.807) is 6.92 Å². The fourth-order valence-electron chi connectivity index (χ4n) is 13.8. The summed E-state index contributed by atoms with van der Waals surface area (Å²) in [5.74, 6) is -3.65. The van der Waals surface area contributed by atoms with Crippen molar-refractivity contribution in [3.63, 3.8) is 0 Å². The molecule has 73 heavy (non-hydrogen) atoms. The van der Waals surface area contributed by atoms with Crippen LogP contribution in [-0.2, 0) is 57.0 Å². The normalized spacial score (nSPS) is 50.9. The lowest BCUT2D eigenvalue weighted by Crippen LogP contribution is -2.68. The molecule has 26 heteroatoms. The molecule has 14 N–H and O–H groups in total. The molecule has 416 valence electrons. The van der Waals surface area contributed by atoms with E-state index in [0.29, 0.717) is 56.9 Å². The number of carbonyl (C=O) groups excluding carboxylic acids is 2. The Kier molecular flexibility index (Phi) is 16.8. The van der Waals surface area contributed by atoms with Crippen LogP contribution in [0, 0.1) is 28.1 Å². The van der Waals surface area contributed by atoms with Gasteiger partial charge in [-0.05, 0) is 86.5 Å². The first-order valence-corrected chi connectivity index (χ1v) is 24.9. The van der Waals surface area contributed by atoms with Gasteiger partial charge in [0, 0.05) is 0 Å². The van der Waals surface area contributed by atoms with Crippen LogP contribution in [-0.4, -0.2) is 244 Å². The van der Waals surface area contributed by atoms with Gasteiger partial charge in [0.05, 0.1) is 30.8 Å². The van der Waals surface area contributed by atoms with E-state index in [2.05, 4.69) is 13.5 Å². The van der Waals surface area contributed by atoms with Crippen LogP contribution in [0.25, 0.3) is 0 Å². The summed E-state index contributed by atoms with van der Waals surface area (Å²) in [4.78, 5) is 37.4. The molecule has 12 unspecified atom stereocenters. The first-order chi connectivity index (χ1) is 34.4. The third-order valence-electron chi connectivity index (χ3n) is 17.6. The first-order valence-electron chi connectivity index (χ1n) is 24.9. The van der Waals surface area contributed by atoms with Crippen molar-refractivity contribution < 1.29 is 129 Å². The lowest BCUT2D eigenvalue weighted by atomic mass is 9.41. The number of esters is 2. The maximum absolute atomic E-state index is 14.5. The topological polar surface area (TPSA) is 418 Å². The summed E-state index contributed by atoms with van der Waals surface area (Å²) in [6.45, 7) is 5.23. The van der Waals surface area contributed by atoms with E-state index >= 15 is 0 Å². The minimum Gasteiger partial charge on any atom is -0.481 e. The summed E-state index contributed by atoms with van der Waals surface area (Å²) >= 11 is 0. The van der Waals surface area contributed by atoms with Crippen molar-refractivity contribution >= 4 is 17.9 Å². The predicted octanol–water partition coefficient (Wildman–Crippen LogP) is -5.09. The Morgan fingerprint density at radius 3 is 1.68 bits per heavy atom. The number of hydrogen-bond donors (Lipinski definition) is 14. The molecule has 26 nitrogen and oxygen atoms in total. The van der Waals surface area contributed by atoms with E-state index in [4.69, 9.17) is 47.7 Å². The Bertz CT molecular complexity index is 1990. The Hall–Kier alpha value is -2.65. The minimum atomic E-state index is -1.98. The molecule has 0 aromatic rings. The highest BCUT2D eigenvalue weighted by molar-refractivity contribution is 5.90. The maximum Gasteiger partial charge on any atom is 0.317 e.